The summed E-state index contributed by atoms with van der Waals surface area (Å²) in [6.07, 6.45) is 7.86. The molecule has 1 aliphatic carbocycles. The lowest BCUT2D eigenvalue weighted by Crippen LogP contribution is -2.37. The predicted octanol–water partition coefficient (Wildman–Crippen LogP) is 2.02. The SMILES string of the molecule is CCC1CCCC(N2CC[C@H](O)C2)C1. The van der Waals surface area contributed by atoms with Crippen LogP contribution in [0.5, 0.6) is 0 Å². The highest BCUT2D eigenvalue weighted by Gasteiger charge is 2.30. The summed E-state index contributed by atoms with van der Waals surface area (Å²) in [5.41, 5.74) is 0. The average molecular weight is 197 g/mol. The van der Waals surface area contributed by atoms with Gasteiger partial charge < -0.3 is 5.11 Å². The second kappa shape index (κ2) is 4.63. The van der Waals surface area contributed by atoms with Crippen molar-refractivity contribution in [3.63, 3.8) is 0 Å². The largest absolute Gasteiger partial charge is 0.392 e. The molecule has 2 unspecified atom stereocenters. The van der Waals surface area contributed by atoms with Crippen molar-refractivity contribution in [3.05, 3.63) is 0 Å². The van der Waals surface area contributed by atoms with Gasteiger partial charge >= 0.3 is 0 Å². The average Bonchev–Trinajstić information content (AvgIpc) is 2.65. The van der Waals surface area contributed by atoms with Gasteiger partial charge in [-0.15, -0.1) is 0 Å². The standard InChI is InChI=1S/C12H23NO/c1-2-10-4-3-5-11(8-10)13-7-6-12(14)9-13/h10-12,14H,2-9H2,1H3/t10?,11?,12-/m0/s1. The summed E-state index contributed by atoms with van der Waals surface area (Å²) in [5.74, 6) is 0.950. The number of nitrogens with zero attached hydrogens (tertiary/aromatic N) is 1. The summed E-state index contributed by atoms with van der Waals surface area (Å²) in [7, 11) is 0. The molecule has 2 fully saturated rings. The van der Waals surface area contributed by atoms with Crippen LogP contribution in [0, 0.1) is 5.92 Å². The smallest absolute Gasteiger partial charge is 0.0679 e. The van der Waals surface area contributed by atoms with E-state index in [1.54, 1.807) is 0 Å². The highest BCUT2D eigenvalue weighted by atomic mass is 16.3. The van der Waals surface area contributed by atoms with Crippen LogP contribution in [0.15, 0.2) is 0 Å². The molecule has 2 rings (SSSR count). The Morgan fingerprint density at radius 1 is 1.29 bits per heavy atom. The molecule has 3 atom stereocenters. The summed E-state index contributed by atoms with van der Waals surface area (Å²) in [6, 6.07) is 0.783. The molecule has 0 aromatic rings. The van der Waals surface area contributed by atoms with E-state index in [1.165, 1.54) is 32.1 Å². The molecule has 1 heterocycles. The zero-order valence-corrected chi connectivity index (χ0v) is 9.28. The van der Waals surface area contributed by atoms with Crippen molar-refractivity contribution in [1.29, 1.82) is 0 Å². The van der Waals surface area contributed by atoms with Crippen molar-refractivity contribution < 1.29 is 5.11 Å². The monoisotopic (exact) mass is 197 g/mol. The van der Waals surface area contributed by atoms with Gasteiger partial charge in [0.25, 0.3) is 0 Å². The third-order valence-electron chi connectivity index (χ3n) is 4.04. The Balaban J connectivity index is 1.84. The third kappa shape index (κ3) is 2.29. The molecule has 0 radical (unpaired) electrons. The maximum Gasteiger partial charge on any atom is 0.0679 e. The highest BCUT2D eigenvalue weighted by Crippen LogP contribution is 2.31. The molecule has 1 saturated carbocycles. The highest BCUT2D eigenvalue weighted by molar-refractivity contribution is 4.85. The number of likely N-dealkylation sites (tertiary alicyclic amines) is 1. The van der Waals surface area contributed by atoms with Gasteiger partial charge in [0.2, 0.25) is 0 Å². The molecule has 0 aromatic carbocycles. The lowest BCUT2D eigenvalue weighted by atomic mass is 9.83. The van der Waals surface area contributed by atoms with Crippen LogP contribution >= 0.6 is 0 Å². The van der Waals surface area contributed by atoms with Crippen LogP contribution in [-0.4, -0.2) is 35.2 Å². The van der Waals surface area contributed by atoms with E-state index in [-0.39, 0.29) is 6.10 Å². The zero-order valence-electron chi connectivity index (χ0n) is 9.28. The summed E-state index contributed by atoms with van der Waals surface area (Å²) >= 11 is 0. The van der Waals surface area contributed by atoms with Crippen molar-refractivity contribution in [2.75, 3.05) is 13.1 Å². The van der Waals surface area contributed by atoms with E-state index < -0.39 is 0 Å². The molecule has 1 N–H and O–H groups in total. The Morgan fingerprint density at radius 2 is 2.14 bits per heavy atom. The fourth-order valence-electron chi connectivity index (χ4n) is 3.06. The Kier molecular flexibility index (Phi) is 3.45. The van der Waals surface area contributed by atoms with Crippen LogP contribution < -0.4 is 0 Å². The van der Waals surface area contributed by atoms with E-state index in [1.807, 2.05) is 0 Å². The first kappa shape index (κ1) is 10.4. The Morgan fingerprint density at radius 3 is 2.79 bits per heavy atom. The number of aliphatic hydroxyl groups is 1. The molecule has 0 bridgehead atoms. The van der Waals surface area contributed by atoms with Gasteiger partial charge in [-0.2, -0.15) is 0 Å². The molecule has 0 aromatic heterocycles. The van der Waals surface area contributed by atoms with E-state index in [4.69, 9.17) is 0 Å². The number of aliphatic hydroxyl groups excluding tert-OH is 1. The molecule has 1 saturated heterocycles. The molecule has 1 aliphatic heterocycles. The fraction of sp³-hybridized carbons (Fsp3) is 1.00. The first-order valence-electron chi connectivity index (χ1n) is 6.21. The predicted molar refractivity (Wildman–Crippen MR) is 58.2 cm³/mol. The molecule has 2 nitrogen and oxygen atoms in total. The van der Waals surface area contributed by atoms with Crippen molar-refractivity contribution in [2.45, 2.75) is 57.6 Å². The Labute approximate surface area is 87.3 Å². The Bertz CT molecular complexity index is 183. The van der Waals surface area contributed by atoms with Gasteiger partial charge in [-0.3, -0.25) is 4.90 Å². The van der Waals surface area contributed by atoms with Crippen LogP contribution in [-0.2, 0) is 0 Å². The fourth-order valence-corrected chi connectivity index (χ4v) is 3.06. The minimum Gasteiger partial charge on any atom is -0.392 e. The molecular formula is C12H23NO. The van der Waals surface area contributed by atoms with Gasteiger partial charge in [0.1, 0.15) is 0 Å². The normalized spacial score (nSPS) is 40.3. The van der Waals surface area contributed by atoms with Crippen molar-refractivity contribution in [2.24, 2.45) is 5.92 Å². The minimum absolute atomic E-state index is 0.0444. The number of rotatable bonds is 2. The van der Waals surface area contributed by atoms with Gasteiger partial charge in [-0.25, -0.2) is 0 Å². The van der Waals surface area contributed by atoms with E-state index in [9.17, 15) is 5.11 Å². The van der Waals surface area contributed by atoms with Gasteiger partial charge in [-0.1, -0.05) is 26.2 Å². The number of hydrogen-bond acceptors (Lipinski definition) is 2. The van der Waals surface area contributed by atoms with Crippen LogP contribution in [0.2, 0.25) is 0 Å². The van der Waals surface area contributed by atoms with Crippen LogP contribution in [0.1, 0.15) is 45.4 Å². The van der Waals surface area contributed by atoms with E-state index in [2.05, 4.69) is 11.8 Å². The lowest BCUT2D eigenvalue weighted by molar-refractivity contribution is 0.125. The molecule has 2 heteroatoms. The second-order valence-electron chi connectivity index (χ2n) is 5.03. The zero-order chi connectivity index (χ0) is 9.97. The summed E-state index contributed by atoms with van der Waals surface area (Å²) in [4.78, 5) is 2.52. The lowest BCUT2D eigenvalue weighted by Gasteiger charge is -2.34. The Hall–Kier alpha value is -0.0800. The van der Waals surface area contributed by atoms with E-state index >= 15 is 0 Å². The van der Waals surface area contributed by atoms with Crippen LogP contribution in [0.25, 0.3) is 0 Å². The maximum absolute atomic E-state index is 9.51. The van der Waals surface area contributed by atoms with E-state index in [0.29, 0.717) is 0 Å². The first-order chi connectivity index (χ1) is 6.79. The third-order valence-corrected chi connectivity index (χ3v) is 4.04. The second-order valence-corrected chi connectivity index (χ2v) is 5.03. The summed E-state index contributed by atoms with van der Waals surface area (Å²) in [5, 5.41) is 9.51. The first-order valence-corrected chi connectivity index (χ1v) is 6.21. The maximum atomic E-state index is 9.51. The summed E-state index contributed by atoms with van der Waals surface area (Å²) in [6.45, 7) is 4.37. The van der Waals surface area contributed by atoms with Gasteiger partial charge in [0.15, 0.2) is 0 Å². The number of hydrogen-bond donors (Lipinski definition) is 1. The van der Waals surface area contributed by atoms with Crippen LogP contribution in [0.3, 0.4) is 0 Å². The molecule has 82 valence electrons. The van der Waals surface area contributed by atoms with Crippen molar-refractivity contribution in [1.82, 2.24) is 4.90 Å². The van der Waals surface area contributed by atoms with Crippen molar-refractivity contribution in [3.8, 4) is 0 Å². The van der Waals surface area contributed by atoms with Gasteiger partial charge in [0, 0.05) is 19.1 Å². The molecular weight excluding hydrogens is 174 g/mol. The molecule has 14 heavy (non-hydrogen) atoms. The molecule has 0 spiro atoms. The molecule has 2 aliphatic rings. The van der Waals surface area contributed by atoms with Gasteiger partial charge in [0.05, 0.1) is 6.10 Å². The molecule has 0 amide bonds. The van der Waals surface area contributed by atoms with Crippen LogP contribution in [0.4, 0.5) is 0 Å². The topological polar surface area (TPSA) is 23.5 Å². The number of β-amino-alcohol motifs (C(OH)–C–C–N with tert-alkyl or cyclic N) is 1. The summed E-state index contributed by atoms with van der Waals surface area (Å²) < 4.78 is 0. The van der Waals surface area contributed by atoms with Gasteiger partial charge in [-0.05, 0) is 25.2 Å². The van der Waals surface area contributed by atoms with E-state index in [0.717, 1.165) is 31.5 Å². The quantitative estimate of drug-likeness (QED) is 0.732. The van der Waals surface area contributed by atoms with Crippen molar-refractivity contribution >= 4 is 0 Å². The minimum atomic E-state index is -0.0444.